The van der Waals surface area contributed by atoms with Gasteiger partial charge in [0.15, 0.2) is 0 Å². The number of hydrogen-bond donors (Lipinski definition) is 2. The van der Waals surface area contributed by atoms with E-state index in [0.29, 0.717) is 26.3 Å². The Morgan fingerprint density at radius 3 is 3.15 bits per heavy atom. The van der Waals surface area contributed by atoms with E-state index in [1.807, 2.05) is 12.4 Å². The quantitative estimate of drug-likeness (QED) is 0.676. The SMILES string of the molecule is Cc1ncsc1CCOCC(O)CNCc1ccno1. The summed E-state index contributed by atoms with van der Waals surface area (Å²) in [6.07, 6.45) is 1.91. The molecule has 0 aliphatic heterocycles. The molecule has 7 heteroatoms. The average molecular weight is 297 g/mol. The molecule has 110 valence electrons. The summed E-state index contributed by atoms with van der Waals surface area (Å²) in [5.74, 6) is 0.749. The minimum atomic E-state index is -0.527. The molecule has 0 saturated heterocycles. The Balaban J connectivity index is 1.52. The van der Waals surface area contributed by atoms with Crippen LogP contribution in [0.3, 0.4) is 0 Å². The van der Waals surface area contributed by atoms with Crippen molar-refractivity contribution in [3.8, 4) is 0 Å². The highest BCUT2D eigenvalue weighted by atomic mass is 32.1. The van der Waals surface area contributed by atoms with Crippen LogP contribution in [0.2, 0.25) is 0 Å². The summed E-state index contributed by atoms with van der Waals surface area (Å²) >= 11 is 1.64. The number of rotatable bonds is 9. The number of aliphatic hydroxyl groups excluding tert-OH is 1. The van der Waals surface area contributed by atoms with Gasteiger partial charge in [-0.15, -0.1) is 11.3 Å². The normalized spacial score (nSPS) is 12.7. The predicted octanol–water partition coefficient (Wildman–Crippen LogP) is 1.15. The summed E-state index contributed by atoms with van der Waals surface area (Å²) in [6.45, 7) is 3.93. The van der Waals surface area contributed by atoms with Crippen molar-refractivity contribution in [1.29, 1.82) is 0 Å². The van der Waals surface area contributed by atoms with Crippen LogP contribution in [0.15, 0.2) is 22.3 Å². The van der Waals surface area contributed by atoms with Crippen molar-refractivity contribution < 1.29 is 14.4 Å². The highest BCUT2D eigenvalue weighted by molar-refractivity contribution is 7.09. The second kappa shape index (κ2) is 8.11. The third-order valence-corrected chi connectivity index (χ3v) is 3.79. The molecule has 2 heterocycles. The molecule has 6 nitrogen and oxygen atoms in total. The molecule has 0 aliphatic rings. The third kappa shape index (κ3) is 5.01. The number of nitrogens with zero attached hydrogens (tertiary/aromatic N) is 2. The summed E-state index contributed by atoms with van der Waals surface area (Å²) in [4.78, 5) is 5.42. The van der Waals surface area contributed by atoms with Gasteiger partial charge in [-0.05, 0) is 6.92 Å². The standard InChI is InChI=1S/C13H19N3O3S/c1-10-13(20-9-15-10)3-5-18-8-11(17)6-14-7-12-2-4-16-19-12/h2,4,9,11,14,17H,3,5-8H2,1H3. The molecule has 2 rings (SSSR count). The van der Waals surface area contributed by atoms with Gasteiger partial charge in [-0.1, -0.05) is 5.16 Å². The summed E-state index contributed by atoms with van der Waals surface area (Å²) in [7, 11) is 0. The molecule has 0 saturated carbocycles. The first-order valence-corrected chi connectivity index (χ1v) is 7.38. The van der Waals surface area contributed by atoms with Gasteiger partial charge in [0.25, 0.3) is 0 Å². The molecule has 20 heavy (non-hydrogen) atoms. The van der Waals surface area contributed by atoms with E-state index in [4.69, 9.17) is 9.26 Å². The van der Waals surface area contributed by atoms with Gasteiger partial charge in [-0.3, -0.25) is 0 Å². The van der Waals surface area contributed by atoms with Gasteiger partial charge in [0.2, 0.25) is 0 Å². The smallest absolute Gasteiger partial charge is 0.150 e. The van der Waals surface area contributed by atoms with Crippen LogP contribution in [0.4, 0.5) is 0 Å². The minimum Gasteiger partial charge on any atom is -0.389 e. The third-order valence-electron chi connectivity index (χ3n) is 2.80. The highest BCUT2D eigenvalue weighted by Gasteiger charge is 2.06. The molecule has 0 amide bonds. The topological polar surface area (TPSA) is 80.4 Å². The van der Waals surface area contributed by atoms with Crippen LogP contribution in [0.5, 0.6) is 0 Å². The molecule has 2 aromatic heterocycles. The van der Waals surface area contributed by atoms with Crippen LogP contribution in [-0.2, 0) is 17.7 Å². The molecule has 1 atom stereocenters. The number of aromatic nitrogens is 2. The van der Waals surface area contributed by atoms with Crippen LogP contribution < -0.4 is 5.32 Å². The van der Waals surface area contributed by atoms with Crippen molar-refractivity contribution in [1.82, 2.24) is 15.5 Å². The lowest BCUT2D eigenvalue weighted by molar-refractivity contribution is 0.0381. The van der Waals surface area contributed by atoms with Crippen molar-refractivity contribution in [2.45, 2.75) is 26.0 Å². The Morgan fingerprint density at radius 2 is 2.45 bits per heavy atom. The molecule has 0 aliphatic carbocycles. The second-order valence-electron chi connectivity index (χ2n) is 4.45. The van der Waals surface area contributed by atoms with Crippen molar-refractivity contribution in [3.63, 3.8) is 0 Å². The lowest BCUT2D eigenvalue weighted by Crippen LogP contribution is -2.30. The Bertz CT molecular complexity index is 487. The number of aliphatic hydroxyl groups is 1. The van der Waals surface area contributed by atoms with E-state index in [1.54, 1.807) is 23.6 Å². The number of thiazole rings is 1. The fraction of sp³-hybridized carbons (Fsp3) is 0.538. The van der Waals surface area contributed by atoms with E-state index in [0.717, 1.165) is 17.9 Å². The summed E-state index contributed by atoms with van der Waals surface area (Å²) in [6, 6.07) is 1.78. The Morgan fingerprint density at radius 1 is 1.55 bits per heavy atom. The number of hydrogen-bond acceptors (Lipinski definition) is 7. The molecule has 0 spiro atoms. The van der Waals surface area contributed by atoms with Gasteiger partial charge in [-0.2, -0.15) is 0 Å². The summed E-state index contributed by atoms with van der Waals surface area (Å²) < 4.78 is 10.4. The summed E-state index contributed by atoms with van der Waals surface area (Å²) in [5, 5.41) is 16.4. The average Bonchev–Trinajstić information content (AvgIpc) is 3.07. The van der Waals surface area contributed by atoms with E-state index in [2.05, 4.69) is 15.5 Å². The molecule has 0 radical (unpaired) electrons. The van der Waals surface area contributed by atoms with Gasteiger partial charge in [-0.25, -0.2) is 4.98 Å². The van der Waals surface area contributed by atoms with Crippen LogP contribution in [0.25, 0.3) is 0 Å². The Hall–Kier alpha value is -1.28. The minimum absolute atomic E-state index is 0.321. The number of aryl methyl sites for hydroxylation is 1. The molecule has 0 aromatic carbocycles. The van der Waals surface area contributed by atoms with Crippen LogP contribution in [0, 0.1) is 6.92 Å². The van der Waals surface area contributed by atoms with Crippen molar-refractivity contribution in [3.05, 3.63) is 34.1 Å². The molecule has 0 bridgehead atoms. The highest BCUT2D eigenvalue weighted by Crippen LogP contribution is 2.12. The van der Waals surface area contributed by atoms with Gasteiger partial charge in [0, 0.05) is 23.9 Å². The van der Waals surface area contributed by atoms with Crippen molar-refractivity contribution in [2.75, 3.05) is 19.8 Å². The van der Waals surface area contributed by atoms with Gasteiger partial charge < -0.3 is 19.7 Å². The van der Waals surface area contributed by atoms with E-state index >= 15 is 0 Å². The molecule has 2 aromatic rings. The number of ether oxygens (including phenoxy) is 1. The number of nitrogens with one attached hydrogen (secondary N) is 1. The van der Waals surface area contributed by atoms with E-state index in [9.17, 15) is 5.11 Å². The first-order valence-electron chi connectivity index (χ1n) is 6.50. The lowest BCUT2D eigenvalue weighted by Gasteiger charge is -2.11. The monoisotopic (exact) mass is 297 g/mol. The zero-order valence-electron chi connectivity index (χ0n) is 11.4. The largest absolute Gasteiger partial charge is 0.389 e. The molecule has 0 fully saturated rings. The van der Waals surface area contributed by atoms with E-state index in [1.165, 1.54) is 4.88 Å². The zero-order chi connectivity index (χ0) is 14.2. The Kier molecular flexibility index (Phi) is 6.13. The van der Waals surface area contributed by atoms with E-state index in [-0.39, 0.29) is 0 Å². The maximum Gasteiger partial charge on any atom is 0.150 e. The second-order valence-corrected chi connectivity index (χ2v) is 5.39. The molecule has 1 unspecified atom stereocenters. The van der Waals surface area contributed by atoms with Crippen LogP contribution in [-0.4, -0.2) is 41.1 Å². The fourth-order valence-corrected chi connectivity index (χ4v) is 2.47. The molecule has 2 N–H and O–H groups in total. The fourth-order valence-electron chi connectivity index (χ4n) is 1.70. The lowest BCUT2D eigenvalue weighted by atomic mass is 10.3. The first-order chi connectivity index (χ1) is 9.75. The van der Waals surface area contributed by atoms with Crippen LogP contribution >= 0.6 is 11.3 Å². The summed E-state index contributed by atoms with van der Waals surface area (Å²) in [5.41, 5.74) is 2.90. The van der Waals surface area contributed by atoms with Crippen molar-refractivity contribution >= 4 is 11.3 Å². The maximum absolute atomic E-state index is 9.75. The van der Waals surface area contributed by atoms with Crippen LogP contribution in [0.1, 0.15) is 16.3 Å². The van der Waals surface area contributed by atoms with Gasteiger partial charge in [0.1, 0.15) is 5.76 Å². The van der Waals surface area contributed by atoms with Gasteiger partial charge >= 0.3 is 0 Å². The van der Waals surface area contributed by atoms with E-state index < -0.39 is 6.10 Å². The molecular weight excluding hydrogens is 278 g/mol. The first kappa shape index (κ1) is 15.1. The van der Waals surface area contributed by atoms with Gasteiger partial charge in [0.05, 0.1) is 43.3 Å². The maximum atomic E-state index is 9.75. The van der Waals surface area contributed by atoms with Crippen molar-refractivity contribution in [2.24, 2.45) is 0 Å². The molecular formula is C13H19N3O3S. The zero-order valence-corrected chi connectivity index (χ0v) is 12.2. The predicted molar refractivity (Wildman–Crippen MR) is 75.6 cm³/mol. The Labute approximate surface area is 121 Å².